The van der Waals surface area contributed by atoms with Crippen LogP contribution in [-0.4, -0.2) is 63.8 Å². The quantitative estimate of drug-likeness (QED) is 0.612. The highest BCUT2D eigenvalue weighted by atomic mass is 32.1. The summed E-state index contributed by atoms with van der Waals surface area (Å²) in [6, 6.07) is 8.02. The Morgan fingerprint density at radius 1 is 1.09 bits per heavy atom. The summed E-state index contributed by atoms with van der Waals surface area (Å²) in [4.78, 5) is 45.2. The smallest absolute Gasteiger partial charge is 0.260 e. The summed E-state index contributed by atoms with van der Waals surface area (Å²) < 4.78 is 5.14. The summed E-state index contributed by atoms with van der Waals surface area (Å²) in [5.74, 6) is -0.176. The Labute approximate surface area is 188 Å². The molecule has 1 aliphatic heterocycles. The molecule has 2 N–H and O–H groups in total. The molecular weight excluding hydrogens is 432 g/mol. The van der Waals surface area contributed by atoms with Crippen LogP contribution >= 0.6 is 11.3 Å². The van der Waals surface area contributed by atoms with Gasteiger partial charge in [0, 0.05) is 31.6 Å². The highest BCUT2D eigenvalue weighted by molar-refractivity contribution is 7.14. The van der Waals surface area contributed by atoms with Gasteiger partial charge in [0.2, 0.25) is 5.91 Å². The van der Waals surface area contributed by atoms with Crippen LogP contribution in [0.4, 0.5) is 5.13 Å². The Balaban J connectivity index is 1.29. The number of phenols is 1. The molecule has 3 heterocycles. The number of nitrogens with zero attached hydrogens (tertiary/aromatic N) is 3. The van der Waals surface area contributed by atoms with E-state index in [1.54, 1.807) is 46.4 Å². The van der Waals surface area contributed by atoms with Gasteiger partial charge in [-0.2, -0.15) is 0 Å². The van der Waals surface area contributed by atoms with Gasteiger partial charge in [-0.3, -0.25) is 19.7 Å². The summed E-state index contributed by atoms with van der Waals surface area (Å²) in [7, 11) is 0. The first-order valence-corrected chi connectivity index (χ1v) is 10.9. The molecular formula is C22H22N4O5S. The Morgan fingerprint density at radius 2 is 1.81 bits per heavy atom. The molecule has 0 atom stereocenters. The van der Waals surface area contributed by atoms with Crippen LogP contribution < -0.4 is 5.32 Å². The fourth-order valence-corrected chi connectivity index (χ4v) is 4.19. The van der Waals surface area contributed by atoms with Crippen molar-refractivity contribution in [3.8, 4) is 5.75 Å². The van der Waals surface area contributed by atoms with Crippen LogP contribution in [0.5, 0.6) is 5.75 Å². The first kappa shape index (κ1) is 21.6. The maximum absolute atomic E-state index is 12.7. The SMILES string of the molecule is Cc1occc1C(=O)Nc1nc(CC(=O)N2CCN(C(=O)c3ccccc3O)CC2)cs1. The number of thiazole rings is 1. The number of benzene rings is 1. The predicted molar refractivity (Wildman–Crippen MR) is 118 cm³/mol. The second-order valence-corrected chi connectivity index (χ2v) is 8.21. The third-order valence-electron chi connectivity index (χ3n) is 5.26. The first-order valence-electron chi connectivity index (χ1n) is 10.1. The Bertz CT molecular complexity index is 1150. The van der Waals surface area contributed by atoms with Crippen LogP contribution in [0.1, 0.15) is 32.2 Å². The molecule has 4 rings (SSSR count). The van der Waals surface area contributed by atoms with Crippen molar-refractivity contribution in [3.05, 3.63) is 64.6 Å². The molecule has 9 nitrogen and oxygen atoms in total. The van der Waals surface area contributed by atoms with E-state index in [2.05, 4.69) is 10.3 Å². The van der Waals surface area contributed by atoms with E-state index in [-0.39, 0.29) is 35.5 Å². The third kappa shape index (κ3) is 4.65. The lowest BCUT2D eigenvalue weighted by molar-refractivity contribution is -0.132. The molecule has 3 amide bonds. The molecule has 1 fully saturated rings. The normalized spacial score (nSPS) is 13.8. The Kier molecular flexibility index (Phi) is 6.22. The molecule has 2 aromatic heterocycles. The lowest BCUT2D eigenvalue weighted by atomic mass is 10.1. The van der Waals surface area contributed by atoms with E-state index in [9.17, 15) is 19.5 Å². The number of furan rings is 1. The molecule has 32 heavy (non-hydrogen) atoms. The van der Waals surface area contributed by atoms with Gasteiger partial charge in [0.1, 0.15) is 11.5 Å². The largest absolute Gasteiger partial charge is 0.507 e. The maximum atomic E-state index is 12.7. The van der Waals surface area contributed by atoms with E-state index in [4.69, 9.17) is 4.42 Å². The van der Waals surface area contributed by atoms with Crippen molar-refractivity contribution in [2.45, 2.75) is 13.3 Å². The van der Waals surface area contributed by atoms with Gasteiger partial charge >= 0.3 is 0 Å². The summed E-state index contributed by atoms with van der Waals surface area (Å²) in [6.07, 6.45) is 1.57. The van der Waals surface area contributed by atoms with Crippen molar-refractivity contribution < 1.29 is 23.9 Å². The van der Waals surface area contributed by atoms with E-state index in [0.29, 0.717) is 48.3 Å². The average molecular weight is 455 g/mol. The molecule has 0 spiro atoms. The molecule has 0 aliphatic carbocycles. The number of hydrogen-bond acceptors (Lipinski definition) is 7. The lowest BCUT2D eigenvalue weighted by Gasteiger charge is -2.34. The molecule has 1 aliphatic rings. The standard InChI is InChI=1S/C22H22N4O5S/c1-14-16(6-11-31-14)20(29)24-22-23-15(13-32-22)12-19(28)25-7-9-26(10-8-25)21(30)17-4-2-3-5-18(17)27/h2-6,11,13,27H,7-10,12H2,1H3,(H,23,24,29). The van der Waals surface area contributed by atoms with Gasteiger partial charge in [0.15, 0.2) is 5.13 Å². The molecule has 166 valence electrons. The minimum absolute atomic E-state index is 0.0506. The number of aromatic nitrogens is 1. The van der Waals surface area contributed by atoms with Gasteiger partial charge in [-0.15, -0.1) is 11.3 Å². The topological polar surface area (TPSA) is 116 Å². The van der Waals surface area contributed by atoms with Crippen LogP contribution in [0, 0.1) is 6.92 Å². The number of aromatic hydroxyl groups is 1. The summed E-state index contributed by atoms with van der Waals surface area (Å²) in [6.45, 7) is 3.30. The van der Waals surface area contributed by atoms with Crippen molar-refractivity contribution in [3.63, 3.8) is 0 Å². The number of aryl methyl sites for hydroxylation is 1. The fraction of sp³-hybridized carbons (Fsp3) is 0.273. The number of rotatable bonds is 5. The number of anilines is 1. The van der Waals surface area contributed by atoms with Gasteiger partial charge in [-0.05, 0) is 25.1 Å². The molecule has 1 saturated heterocycles. The highest BCUT2D eigenvalue weighted by Crippen LogP contribution is 2.21. The number of piperazine rings is 1. The second kappa shape index (κ2) is 9.23. The summed E-state index contributed by atoms with van der Waals surface area (Å²) in [5, 5.41) is 14.8. The van der Waals surface area contributed by atoms with E-state index in [0.717, 1.165) is 0 Å². The first-order chi connectivity index (χ1) is 15.4. The monoisotopic (exact) mass is 454 g/mol. The van der Waals surface area contributed by atoms with Crippen LogP contribution in [0.2, 0.25) is 0 Å². The van der Waals surface area contributed by atoms with E-state index >= 15 is 0 Å². The van der Waals surface area contributed by atoms with Crippen LogP contribution in [0.15, 0.2) is 46.4 Å². The number of phenolic OH excluding ortho intramolecular Hbond substituents is 1. The Morgan fingerprint density at radius 3 is 2.50 bits per heavy atom. The molecule has 10 heteroatoms. The van der Waals surface area contributed by atoms with Gasteiger partial charge in [0.05, 0.1) is 29.5 Å². The van der Waals surface area contributed by atoms with Crippen LogP contribution in [0.3, 0.4) is 0 Å². The van der Waals surface area contributed by atoms with Gasteiger partial charge < -0.3 is 19.3 Å². The lowest BCUT2D eigenvalue weighted by Crippen LogP contribution is -2.51. The van der Waals surface area contributed by atoms with Crippen molar-refractivity contribution in [2.24, 2.45) is 0 Å². The zero-order chi connectivity index (χ0) is 22.7. The number of carbonyl (C=O) groups is 3. The molecule has 0 saturated carbocycles. The Hall–Kier alpha value is -3.66. The predicted octanol–water partition coefficient (Wildman–Crippen LogP) is 2.53. The van der Waals surface area contributed by atoms with Crippen molar-refractivity contribution in [1.29, 1.82) is 0 Å². The maximum Gasteiger partial charge on any atom is 0.260 e. The average Bonchev–Trinajstić information content (AvgIpc) is 3.42. The van der Waals surface area contributed by atoms with E-state index in [1.807, 2.05) is 0 Å². The zero-order valence-electron chi connectivity index (χ0n) is 17.4. The zero-order valence-corrected chi connectivity index (χ0v) is 18.2. The number of hydrogen-bond donors (Lipinski definition) is 2. The minimum Gasteiger partial charge on any atom is -0.507 e. The second-order valence-electron chi connectivity index (χ2n) is 7.36. The molecule has 1 aromatic carbocycles. The number of nitrogens with one attached hydrogen (secondary N) is 1. The number of para-hydroxylation sites is 1. The molecule has 0 unspecified atom stereocenters. The summed E-state index contributed by atoms with van der Waals surface area (Å²) >= 11 is 1.25. The highest BCUT2D eigenvalue weighted by Gasteiger charge is 2.26. The van der Waals surface area contributed by atoms with Crippen molar-refractivity contribution in [1.82, 2.24) is 14.8 Å². The molecule has 0 bridgehead atoms. The molecule has 3 aromatic rings. The fourth-order valence-electron chi connectivity index (χ4n) is 3.48. The van der Waals surface area contributed by atoms with Gasteiger partial charge in [0.25, 0.3) is 11.8 Å². The van der Waals surface area contributed by atoms with Crippen molar-refractivity contribution >= 4 is 34.2 Å². The van der Waals surface area contributed by atoms with Crippen LogP contribution in [-0.2, 0) is 11.2 Å². The summed E-state index contributed by atoms with van der Waals surface area (Å²) in [5.41, 5.74) is 1.27. The number of carbonyl (C=O) groups excluding carboxylic acids is 3. The van der Waals surface area contributed by atoms with E-state index in [1.165, 1.54) is 23.7 Å². The van der Waals surface area contributed by atoms with Gasteiger partial charge in [-0.25, -0.2) is 4.98 Å². The van der Waals surface area contributed by atoms with Crippen molar-refractivity contribution in [2.75, 3.05) is 31.5 Å². The number of amides is 3. The van der Waals surface area contributed by atoms with Gasteiger partial charge in [-0.1, -0.05) is 12.1 Å². The minimum atomic E-state index is -0.311. The third-order valence-corrected chi connectivity index (χ3v) is 6.07. The van der Waals surface area contributed by atoms with Crippen LogP contribution in [0.25, 0.3) is 0 Å². The van der Waals surface area contributed by atoms with E-state index < -0.39 is 0 Å². The molecule has 0 radical (unpaired) electrons.